The van der Waals surface area contributed by atoms with Gasteiger partial charge in [0.15, 0.2) is 0 Å². The van der Waals surface area contributed by atoms with Crippen LogP contribution in [0, 0.1) is 6.92 Å². The molecule has 0 aliphatic carbocycles. The van der Waals surface area contributed by atoms with E-state index in [2.05, 4.69) is 21.2 Å². The van der Waals surface area contributed by atoms with Crippen LogP contribution >= 0.6 is 15.9 Å². The fraction of sp³-hybridized carbons (Fsp3) is 0.250. The van der Waals surface area contributed by atoms with Gasteiger partial charge in [-0.25, -0.2) is 0 Å². The normalized spacial score (nSPS) is 10.9. The van der Waals surface area contributed by atoms with Gasteiger partial charge in [-0.3, -0.25) is 4.79 Å². The van der Waals surface area contributed by atoms with Crippen LogP contribution in [0.15, 0.2) is 53.0 Å². The van der Waals surface area contributed by atoms with Gasteiger partial charge in [-0.05, 0) is 41.1 Å². The van der Waals surface area contributed by atoms with Gasteiger partial charge in [0, 0.05) is 39.9 Å². The fourth-order valence-electron chi connectivity index (χ4n) is 2.84. The molecule has 0 unspecified atom stereocenters. The Morgan fingerprint density at radius 2 is 1.96 bits per heavy atom. The van der Waals surface area contributed by atoms with Crippen LogP contribution in [0.25, 0.3) is 10.9 Å². The predicted molar refractivity (Wildman–Crippen MR) is 107 cm³/mol. The van der Waals surface area contributed by atoms with E-state index in [1.54, 1.807) is 7.11 Å². The van der Waals surface area contributed by atoms with Crippen LogP contribution in [-0.4, -0.2) is 30.8 Å². The van der Waals surface area contributed by atoms with Crippen LogP contribution in [-0.2, 0) is 16.1 Å². The Morgan fingerprint density at radius 3 is 2.77 bits per heavy atom. The van der Waals surface area contributed by atoms with Gasteiger partial charge < -0.3 is 19.4 Å². The van der Waals surface area contributed by atoms with Crippen molar-refractivity contribution in [1.82, 2.24) is 4.57 Å². The van der Waals surface area contributed by atoms with Gasteiger partial charge in [0.25, 0.3) is 0 Å². The zero-order chi connectivity index (χ0) is 18.5. The molecule has 1 amide bonds. The summed E-state index contributed by atoms with van der Waals surface area (Å²) in [5.41, 5.74) is 2.76. The summed E-state index contributed by atoms with van der Waals surface area (Å²) in [6.45, 7) is 3.23. The summed E-state index contributed by atoms with van der Waals surface area (Å²) >= 11 is 3.62. The SMILES string of the molecule is COCCOc1cccc(NC(=O)Cn2c(C)c(Br)c3ccccc32)c1. The van der Waals surface area contributed by atoms with E-state index in [0.29, 0.717) is 24.7 Å². The van der Waals surface area contributed by atoms with Crippen LogP contribution < -0.4 is 10.1 Å². The third-order valence-corrected chi connectivity index (χ3v) is 5.13. The lowest BCUT2D eigenvalue weighted by Gasteiger charge is -2.11. The molecule has 0 atom stereocenters. The van der Waals surface area contributed by atoms with E-state index in [0.717, 1.165) is 21.1 Å². The number of hydrogen-bond acceptors (Lipinski definition) is 3. The molecule has 1 N–H and O–H groups in total. The molecule has 1 aromatic heterocycles. The van der Waals surface area contributed by atoms with Crippen molar-refractivity contribution in [3.8, 4) is 5.75 Å². The maximum atomic E-state index is 12.6. The van der Waals surface area contributed by atoms with Crippen molar-refractivity contribution in [2.24, 2.45) is 0 Å². The highest BCUT2D eigenvalue weighted by Gasteiger charge is 2.14. The summed E-state index contributed by atoms with van der Waals surface area (Å²) in [4.78, 5) is 12.6. The summed E-state index contributed by atoms with van der Waals surface area (Å²) in [7, 11) is 1.63. The van der Waals surface area contributed by atoms with E-state index in [4.69, 9.17) is 9.47 Å². The van der Waals surface area contributed by atoms with Gasteiger partial charge in [0.05, 0.1) is 6.61 Å². The molecule has 3 aromatic rings. The number of nitrogens with one attached hydrogen (secondary N) is 1. The Labute approximate surface area is 161 Å². The minimum absolute atomic E-state index is 0.0876. The van der Waals surface area contributed by atoms with Crippen molar-refractivity contribution in [2.45, 2.75) is 13.5 Å². The van der Waals surface area contributed by atoms with E-state index in [-0.39, 0.29) is 12.5 Å². The monoisotopic (exact) mass is 416 g/mol. The number of carbonyl (C=O) groups excluding carboxylic acids is 1. The lowest BCUT2D eigenvalue weighted by Crippen LogP contribution is -2.19. The average Bonchev–Trinajstić information content (AvgIpc) is 2.88. The molecule has 0 saturated carbocycles. The molecule has 0 aliphatic heterocycles. The second-order valence-electron chi connectivity index (χ2n) is 5.92. The van der Waals surface area contributed by atoms with Gasteiger partial charge in [-0.15, -0.1) is 0 Å². The number of methoxy groups -OCH3 is 1. The molecule has 2 aromatic carbocycles. The Kier molecular flexibility index (Phi) is 5.96. The number of ether oxygens (including phenoxy) is 2. The zero-order valence-electron chi connectivity index (χ0n) is 14.8. The summed E-state index contributed by atoms with van der Waals surface area (Å²) < 4.78 is 13.6. The summed E-state index contributed by atoms with van der Waals surface area (Å²) in [6, 6.07) is 15.4. The molecule has 6 heteroatoms. The maximum absolute atomic E-state index is 12.6. The van der Waals surface area contributed by atoms with E-state index in [9.17, 15) is 4.79 Å². The predicted octanol–water partition coefficient (Wildman–Crippen LogP) is 4.38. The quantitative estimate of drug-likeness (QED) is 0.581. The smallest absolute Gasteiger partial charge is 0.244 e. The zero-order valence-corrected chi connectivity index (χ0v) is 16.4. The number of anilines is 1. The molecule has 5 nitrogen and oxygen atoms in total. The number of benzene rings is 2. The van der Waals surface area contributed by atoms with Gasteiger partial charge in [0.2, 0.25) is 5.91 Å². The molecule has 0 fully saturated rings. The largest absolute Gasteiger partial charge is 0.491 e. The van der Waals surface area contributed by atoms with Crippen molar-refractivity contribution in [2.75, 3.05) is 25.6 Å². The van der Waals surface area contributed by atoms with Gasteiger partial charge in [-0.1, -0.05) is 24.3 Å². The topological polar surface area (TPSA) is 52.5 Å². The summed E-state index contributed by atoms with van der Waals surface area (Å²) in [6.07, 6.45) is 0. The van der Waals surface area contributed by atoms with Crippen LogP contribution in [0.4, 0.5) is 5.69 Å². The Bertz CT molecular complexity index is 921. The molecular weight excluding hydrogens is 396 g/mol. The number of nitrogens with zero attached hydrogens (tertiary/aromatic N) is 1. The van der Waals surface area contributed by atoms with Crippen molar-refractivity contribution in [3.05, 3.63) is 58.7 Å². The highest BCUT2D eigenvalue weighted by Crippen LogP contribution is 2.30. The summed E-state index contributed by atoms with van der Waals surface area (Å²) in [5.74, 6) is 0.612. The van der Waals surface area contributed by atoms with Gasteiger partial charge in [-0.2, -0.15) is 0 Å². The molecule has 1 heterocycles. The summed E-state index contributed by atoms with van der Waals surface area (Å²) in [5, 5.41) is 4.04. The molecule has 26 heavy (non-hydrogen) atoms. The molecule has 0 spiro atoms. The minimum atomic E-state index is -0.0876. The second-order valence-corrected chi connectivity index (χ2v) is 6.71. The van der Waals surface area contributed by atoms with Crippen LogP contribution in [0.2, 0.25) is 0 Å². The Balaban J connectivity index is 1.72. The number of carbonyl (C=O) groups is 1. The third kappa shape index (κ3) is 4.08. The lowest BCUT2D eigenvalue weighted by atomic mass is 10.2. The number of para-hydroxylation sites is 1. The number of hydrogen-bond donors (Lipinski definition) is 1. The highest BCUT2D eigenvalue weighted by atomic mass is 79.9. The maximum Gasteiger partial charge on any atom is 0.244 e. The van der Waals surface area contributed by atoms with Crippen molar-refractivity contribution in [1.29, 1.82) is 0 Å². The first-order chi connectivity index (χ1) is 12.6. The molecule has 136 valence electrons. The standard InChI is InChI=1S/C20H21BrN2O3/c1-14-20(21)17-8-3-4-9-18(17)23(14)13-19(24)22-15-6-5-7-16(12-15)26-11-10-25-2/h3-9,12H,10-11,13H2,1-2H3,(H,22,24). The number of halogens is 1. The average molecular weight is 417 g/mol. The first-order valence-corrected chi connectivity index (χ1v) is 9.14. The van der Waals surface area contributed by atoms with Crippen LogP contribution in [0.5, 0.6) is 5.75 Å². The molecule has 0 saturated heterocycles. The second kappa shape index (κ2) is 8.38. The van der Waals surface area contributed by atoms with Crippen molar-refractivity contribution < 1.29 is 14.3 Å². The number of rotatable bonds is 7. The number of fused-ring (bicyclic) bond motifs is 1. The fourth-order valence-corrected chi connectivity index (χ4v) is 3.39. The third-order valence-electron chi connectivity index (χ3n) is 4.13. The number of amides is 1. The molecule has 0 aliphatic rings. The minimum Gasteiger partial charge on any atom is -0.491 e. The highest BCUT2D eigenvalue weighted by molar-refractivity contribution is 9.10. The van der Waals surface area contributed by atoms with Gasteiger partial charge in [0.1, 0.15) is 18.9 Å². The molecule has 0 radical (unpaired) electrons. The van der Waals surface area contributed by atoms with E-state index < -0.39 is 0 Å². The van der Waals surface area contributed by atoms with E-state index in [1.807, 2.05) is 60.0 Å². The Morgan fingerprint density at radius 1 is 1.15 bits per heavy atom. The van der Waals surface area contributed by atoms with Crippen molar-refractivity contribution >= 4 is 38.4 Å². The molecular formula is C20H21BrN2O3. The first-order valence-electron chi connectivity index (χ1n) is 8.35. The lowest BCUT2D eigenvalue weighted by molar-refractivity contribution is -0.116. The first kappa shape index (κ1) is 18.5. The Hall–Kier alpha value is -2.31. The molecule has 3 rings (SSSR count). The van der Waals surface area contributed by atoms with Crippen LogP contribution in [0.1, 0.15) is 5.69 Å². The van der Waals surface area contributed by atoms with Crippen LogP contribution in [0.3, 0.4) is 0 Å². The van der Waals surface area contributed by atoms with E-state index >= 15 is 0 Å². The van der Waals surface area contributed by atoms with E-state index in [1.165, 1.54) is 0 Å². The number of aromatic nitrogens is 1. The van der Waals surface area contributed by atoms with Gasteiger partial charge >= 0.3 is 0 Å². The molecule has 0 bridgehead atoms. The van der Waals surface area contributed by atoms with Crippen molar-refractivity contribution in [3.63, 3.8) is 0 Å².